The van der Waals surface area contributed by atoms with Crippen molar-refractivity contribution in [3.63, 3.8) is 0 Å². The summed E-state index contributed by atoms with van der Waals surface area (Å²) in [5.74, 6) is 1.86. The smallest absolute Gasteiger partial charge is 0.387 e. The minimum atomic E-state index is -0.702. The SMILES string of the molecule is O=c1oc(-c2ccccc2[N+](=O)[O-])nn1CC#CI. The molecule has 96 valence electrons. The molecule has 0 N–H and O–H groups in total. The summed E-state index contributed by atoms with van der Waals surface area (Å²) >= 11 is 1.83. The molecule has 2 aromatic rings. The van der Waals surface area contributed by atoms with Gasteiger partial charge in [-0.05, 0) is 9.99 Å². The number of nitro groups is 1. The average molecular weight is 371 g/mol. The number of halogens is 1. The minimum Gasteiger partial charge on any atom is -0.387 e. The van der Waals surface area contributed by atoms with Crippen LogP contribution in [0.3, 0.4) is 0 Å². The van der Waals surface area contributed by atoms with Gasteiger partial charge in [0.1, 0.15) is 12.1 Å². The van der Waals surface area contributed by atoms with Crippen LogP contribution >= 0.6 is 22.6 Å². The zero-order valence-electron chi connectivity index (χ0n) is 9.37. The molecule has 0 saturated carbocycles. The van der Waals surface area contributed by atoms with Crippen LogP contribution in [0.15, 0.2) is 33.5 Å². The van der Waals surface area contributed by atoms with Gasteiger partial charge in [-0.15, -0.1) is 5.10 Å². The molecule has 1 aromatic carbocycles. The second-order valence-corrected chi connectivity index (χ2v) is 3.92. The van der Waals surface area contributed by atoms with Gasteiger partial charge in [0, 0.05) is 28.7 Å². The number of para-hydroxylation sites is 1. The molecule has 0 radical (unpaired) electrons. The Balaban J connectivity index is 2.50. The molecule has 0 unspecified atom stereocenters. The van der Waals surface area contributed by atoms with E-state index in [0.29, 0.717) is 0 Å². The van der Waals surface area contributed by atoms with E-state index >= 15 is 0 Å². The van der Waals surface area contributed by atoms with E-state index in [1.807, 2.05) is 22.6 Å². The second kappa shape index (κ2) is 5.66. The molecule has 19 heavy (non-hydrogen) atoms. The van der Waals surface area contributed by atoms with E-state index in [4.69, 9.17) is 4.42 Å². The van der Waals surface area contributed by atoms with Gasteiger partial charge in [0.2, 0.25) is 0 Å². The second-order valence-electron chi connectivity index (χ2n) is 3.38. The Morgan fingerprint density at radius 3 is 2.89 bits per heavy atom. The average Bonchev–Trinajstić information content (AvgIpc) is 2.77. The lowest BCUT2D eigenvalue weighted by Gasteiger charge is -1.96. The van der Waals surface area contributed by atoms with Crippen LogP contribution in [0.2, 0.25) is 0 Å². The van der Waals surface area contributed by atoms with Crippen molar-refractivity contribution in [3.05, 3.63) is 44.9 Å². The van der Waals surface area contributed by atoms with Crippen molar-refractivity contribution in [1.29, 1.82) is 0 Å². The first-order valence-electron chi connectivity index (χ1n) is 5.03. The fraction of sp³-hybridized carbons (Fsp3) is 0.0909. The first kappa shape index (κ1) is 13.3. The molecule has 0 aliphatic carbocycles. The lowest BCUT2D eigenvalue weighted by Crippen LogP contribution is -2.14. The number of benzene rings is 1. The lowest BCUT2D eigenvalue weighted by atomic mass is 10.2. The molecule has 0 saturated heterocycles. The van der Waals surface area contributed by atoms with Crippen LogP contribution in [0.4, 0.5) is 5.69 Å². The topological polar surface area (TPSA) is 91.2 Å². The summed E-state index contributed by atoms with van der Waals surface area (Å²) in [6, 6.07) is 5.92. The van der Waals surface area contributed by atoms with E-state index in [0.717, 1.165) is 4.68 Å². The van der Waals surface area contributed by atoms with E-state index in [1.54, 1.807) is 6.07 Å². The molecule has 1 heterocycles. The summed E-state index contributed by atoms with van der Waals surface area (Å²) in [5.41, 5.74) is -0.0124. The number of nitro benzene ring substituents is 1. The van der Waals surface area contributed by atoms with E-state index in [2.05, 4.69) is 14.9 Å². The third-order valence-corrected chi connectivity index (χ3v) is 2.61. The van der Waals surface area contributed by atoms with Crippen LogP contribution in [0, 0.1) is 20.0 Å². The van der Waals surface area contributed by atoms with Crippen molar-refractivity contribution in [3.8, 4) is 21.3 Å². The zero-order valence-corrected chi connectivity index (χ0v) is 11.5. The van der Waals surface area contributed by atoms with E-state index in [9.17, 15) is 14.9 Å². The predicted octanol–water partition coefficient (Wildman–Crippen LogP) is 1.81. The Morgan fingerprint density at radius 1 is 1.47 bits per heavy atom. The van der Waals surface area contributed by atoms with Crippen LogP contribution in [0.25, 0.3) is 11.5 Å². The third kappa shape index (κ3) is 2.82. The predicted molar refractivity (Wildman–Crippen MR) is 74.6 cm³/mol. The van der Waals surface area contributed by atoms with E-state index < -0.39 is 10.7 Å². The summed E-state index contributed by atoms with van der Waals surface area (Å²) in [4.78, 5) is 21.8. The first-order valence-corrected chi connectivity index (χ1v) is 6.11. The van der Waals surface area contributed by atoms with Gasteiger partial charge in [-0.2, -0.15) is 4.68 Å². The van der Waals surface area contributed by atoms with Gasteiger partial charge in [-0.1, -0.05) is 18.1 Å². The Bertz CT molecular complexity index is 738. The van der Waals surface area contributed by atoms with Crippen molar-refractivity contribution >= 4 is 28.3 Å². The molecule has 0 amide bonds. The van der Waals surface area contributed by atoms with Gasteiger partial charge in [0.05, 0.1) is 4.92 Å². The standard InChI is InChI=1S/C11H6IN3O4/c12-6-3-7-14-11(16)19-10(13-14)8-4-1-2-5-9(8)15(17)18/h1-2,4-5H,7H2. The van der Waals surface area contributed by atoms with Crippen molar-refractivity contribution in [2.75, 3.05) is 0 Å². The van der Waals surface area contributed by atoms with E-state index in [1.165, 1.54) is 18.2 Å². The molecule has 0 atom stereocenters. The molecular formula is C11H6IN3O4. The molecule has 0 bridgehead atoms. The first-order chi connectivity index (χ1) is 9.13. The summed E-state index contributed by atoms with van der Waals surface area (Å²) in [5, 5.41) is 14.8. The van der Waals surface area contributed by atoms with Gasteiger partial charge in [0.15, 0.2) is 0 Å². The van der Waals surface area contributed by atoms with Crippen LogP contribution in [-0.2, 0) is 6.54 Å². The Kier molecular flexibility index (Phi) is 3.96. The molecule has 0 spiro atoms. The highest BCUT2D eigenvalue weighted by Crippen LogP contribution is 2.26. The van der Waals surface area contributed by atoms with Crippen molar-refractivity contribution < 1.29 is 9.34 Å². The zero-order chi connectivity index (χ0) is 13.8. The molecule has 0 fully saturated rings. The van der Waals surface area contributed by atoms with Crippen LogP contribution < -0.4 is 5.76 Å². The molecule has 0 aliphatic heterocycles. The van der Waals surface area contributed by atoms with Gasteiger partial charge in [-0.25, -0.2) is 4.79 Å². The van der Waals surface area contributed by atoms with Crippen LogP contribution in [0.1, 0.15) is 0 Å². The molecule has 1 aromatic heterocycles. The fourth-order valence-electron chi connectivity index (χ4n) is 1.43. The lowest BCUT2D eigenvalue weighted by molar-refractivity contribution is -0.384. The highest BCUT2D eigenvalue weighted by molar-refractivity contribution is 14.1. The molecule has 8 heteroatoms. The maximum atomic E-state index is 11.5. The molecule has 7 nitrogen and oxygen atoms in total. The maximum Gasteiger partial charge on any atom is 0.438 e. The van der Waals surface area contributed by atoms with Crippen LogP contribution in [-0.4, -0.2) is 14.7 Å². The number of rotatable bonds is 3. The quantitative estimate of drug-likeness (QED) is 0.355. The normalized spacial score (nSPS) is 9.74. The van der Waals surface area contributed by atoms with Crippen molar-refractivity contribution in [2.45, 2.75) is 6.54 Å². The van der Waals surface area contributed by atoms with Crippen molar-refractivity contribution in [1.82, 2.24) is 9.78 Å². The summed E-state index contributed by atoms with van der Waals surface area (Å²) in [6.07, 6.45) is 0. The summed E-state index contributed by atoms with van der Waals surface area (Å²) < 4.78 is 8.51. The largest absolute Gasteiger partial charge is 0.438 e. The number of hydrogen-bond donors (Lipinski definition) is 0. The summed E-state index contributed by atoms with van der Waals surface area (Å²) in [6.45, 7) is 0.0753. The fourth-order valence-corrected chi connectivity index (χ4v) is 1.60. The molecule has 2 rings (SSSR count). The highest BCUT2D eigenvalue weighted by atomic mass is 127. The van der Waals surface area contributed by atoms with E-state index in [-0.39, 0.29) is 23.7 Å². The van der Waals surface area contributed by atoms with Crippen LogP contribution in [0.5, 0.6) is 0 Å². The highest BCUT2D eigenvalue weighted by Gasteiger charge is 2.19. The monoisotopic (exact) mass is 371 g/mol. The van der Waals surface area contributed by atoms with Gasteiger partial charge < -0.3 is 4.42 Å². The number of aromatic nitrogens is 2. The molecule has 0 aliphatic rings. The van der Waals surface area contributed by atoms with Gasteiger partial charge in [0.25, 0.3) is 11.6 Å². The number of hydrogen-bond acceptors (Lipinski definition) is 5. The maximum absolute atomic E-state index is 11.5. The Labute approximate surface area is 120 Å². The molecular weight excluding hydrogens is 365 g/mol. The van der Waals surface area contributed by atoms with Crippen molar-refractivity contribution in [2.24, 2.45) is 0 Å². The Hall–Kier alpha value is -2.15. The number of nitrogens with zero attached hydrogens (tertiary/aromatic N) is 3. The minimum absolute atomic E-state index is 0.0753. The Morgan fingerprint density at radius 2 is 2.21 bits per heavy atom. The third-order valence-electron chi connectivity index (χ3n) is 2.23. The van der Waals surface area contributed by atoms with Gasteiger partial charge in [-0.3, -0.25) is 10.1 Å². The summed E-state index contributed by atoms with van der Waals surface area (Å²) in [7, 11) is 0. The van der Waals surface area contributed by atoms with Gasteiger partial charge >= 0.3 is 5.76 Å².